The summed E-state index contributed by atoms with van der Waals surface area (Å²) in [5, 5.41) is 3.44. The van der Waals surface area contributed by atoms with Crippen molar-refractivity contribution in [3.8, 4) is 0 Å². The van der Waals surface area contributed by atoms with Gasteiger partial charge in [-0.3, -0.25) is 0 Å². The lowest BCUT2D eigenvalue weighted by molar-refractivity contribution is 0.557. The summed E-state index contributed by atoms with van der Waals surface area (Å²) in [4.78, 5) is 12.1. The highest BCUT2D eigenvalue weighted by atomic mass is 15.3. The van der Waals surface area contributed by atoms with E-state index in [-0.39, 0.29) is 0 Å². The minimum absolute atomic E-state index is 0.472. The first-order valence-electron chi connectivity index (χ1n) is 7.61. The van der Waals surface area contributed by atoms with E-state index in [9.17, 15) is 0 Å². The summed E-state index contributed by atoms with van der Waals surface area (Å²) in [6, 6.07) is 0. The maximum absolute atomic E-state index is 4.88. The largest absolute Gasteiger partial charge is 0.341 e. The number of anilines is 1. The van der Waals surface area contributed by atoms with Crippen LogP contribution >= 0.6 is 0 Å². The number of rotatable bonds is 2. The van der Waals surface area contributed by atoms with E-state index in [0.29, 0.717) is 5.92 Å². The summed E-state index contributed by atoms with van der Waals surface area (Å²) < 4.78 is 0. The fraction of sp³-hybridized carbons (Fsp3) is 0.733. The molecular formula is C15H24N4. The molecule has 0 bridgehead atoms. The molecule has 4 nitrogen and oxygen atoms in total. The number of hydrogen-bond donors (Lipinski definition) is 1. The molecule has 0 aromatic carbocycles. The van der Waals surface area contributed by atoms with Crippen LogP contribution in [0, 0.1) is 0 Å². The Morgan fingerprint density at radius 3 is 2.63 bits per heavy atom. The Balaban J connectivity index is 1.98. The predicted octanol–water partition coefficient (Wildman–Crippen LogP) is 2.24. The highest BCUT2D eigenvalue weighted by Crippen LogP contribution is 2.26. The van der Waals surface area contributed by atoms with Crippen LogP contribution in [0.2, 0.25) is 0 Å². The third-order valence-corrected chi connectivity index (χ3v) is 4.14. The number of nitrogens with one attached hydrogen (secondary N) is 1. The molecule has 3 rings (SSSR count). The van der Waals surface area contributed by atoms with E-state index in [1.807, 2.05) is 0 Å². The quantitative estimate of drug-likeness (QED) is 0.885. The smallest absolute Gasteiger partial charge is 0.225 e. The Bertz CT molecular complexity index is 450. The zero-order chi connectivity index (χ0) is 13.2. The molecule has 19 heavy (non-hydrogen) atoms. The summed E-state index contributed by atoms with van der Waals surface area (Å²) in [5.41, 5.74) is 3.87. The van der Waals surface area contributed by atoms with Crippen molar-refractivity contribution in [2.75, 3.05) is 24.5 Å². The Hall–Kier alpha value is -1.16. The Labute approximate surface area is 115 Å². The highest BCUT2D eigenvalue weighted by Gasteiger charge is 2.22. The summed E-state index contributed by atoms with van der Waals surface area (Å²) in [6.07, 6.45) is 4.94. The summed E-state index contributed by atoms with van der Waals surface area (Å²) in [7, 11) is 0. The lowest BCUT2D eigenvalue weighted by Crippen LogP contribution is -2.33. The second-order valence-corrected chi connectivity index (χ2v) is 5.96. The molecule has 0 unspecified atom stereocenters. The van der Waals surface area contributed by atoms with Gasteiger partial charge in [0.1, 0.15) is 0 Å². The molecule has 2 aliphatic rings. The molecule has 1 aromatic rings. The van der Waals surface area contributed by atoms with Gasteiger partial charge in [0.25, 0.3) is 0 Å². The van der Waals surface area contributed by atoms with Crippen molar-refractivity contribution in [1.82, 2.24) is 15.3 Å². The van der Waals surface area contributed by atoms with E-state index in [4.69, 9.17) is 9.97 Å². The zero-order valence-corrected chi connectivity index (χ0v) is 12.1. The predicted molar refractivity (Wildman–Crippen MR) is 77.6 cm³/mol. The number of fused-ring (bicyclic) bond motifs is 1. The van der Waals surface area contributed by atoms with Crippen LogP contribution in [-0.4, -0.2) is 29.6 Å². The SMILES string of the molecule is CC(C)c1nc(N2CCCCC2)nc2c1CNCC2. The van der Waals surface area contributed by atoms with Crippen LogP contribution in [0.3, 0.4) is 0 Å². The molecule has 3 heterocycles. The van der Waals surface area contributed by atoms with Crippen molar-refractivity contribution in [3.63, 3.8) is 0 Å². The summed E-state index contributed by atoms with van der Waals surface area (Å²) in [5.74, 6) is 1.45. The average molecular weight is 260 g/mol. The minimum Gasteiger partial charge on any atom is -0.341 e. The van der Waals surface area contributed by atoms with Gasteiger partial charge in [0.2, 0.25) is 5.95 Å². The van der Waals surface area contributed by atoms with E-state index in [0.717, 1.165) is 38.5 Å². The van der Waals surface area contributed by atoms with E-state index in [2.05, 4.69) is 24.1 Å². The van der Waals surface area contributed by atoms with Crippen molar-refractivity contribution < 1.29 is 0 Å². The third kappa shape index (κ3) is 2.59. The second kappa shape index (κ2) is 5.45. The van der Waals surface area contributed by atoms with Gasteiger partial charge in [-0.2, -0.15) is 0 Å². The van der Waals surface area contributed by atoms with Crippen molar-refractivity contribution >= 4 is 5.95 Å². The van der Waals surface area contributed by atoms with Crippen LogP contribution in [-0.2, 0) is 13.0 Å². The maximum Gasteiger partial charge on any atom is 0.225 e. The van der Waals surface area contributed by atoms with Crippen molar-refractivity contribution in [1.29, 1.82) is 0 Å². The number of piperidine rings is 1. The first-order chi connectivity index (χ1) is 9.25. The first kappa shape index (κ1) is 12.9. The standard InChI is InChI=1S/C15H24N4/c1-11(2)14-12-10-16-7-6-13(12)17-15(18-14)19-8-4-3-5-9-19/h11,16H,3-10H2,1-2H3. The van der Waals surface area contributed by atoms with Gasteiger partial charge >= 0.3 is 0 Å². The Morgan fingerprint density at radius 2 is 1.89 bits per heavy atom. The molecule has 4 heteroatoms. The van der Waals surface area contributed by atoms with Crippen LogP contribution < -0.4 is 10.2 Å². The molecule has 0 amide bonds. The monoisotopic (exact) mass is 260 g/mol. The fourth-order valence-electron chi connectivity index (χ4n) is 3.07. The van der Waals surface area contributed by atoms with E-state index >= 15 is 0 Å². The molecule has 1 aromatic heterocycles. The second-order valence-electron chi connectivity index (χ2n) is 5.96. The van der Waals surface area contributed by atoms with Gasteiger partial charge < -0.3 is 10.2 Å². The van der Waals surface area contributed by atoms with Crippen molar-refractivity contribution in [2.24, 2.45) is 0 Å². The molecule has 1 fully saturated rings. The number of hydrogen-bond acceptors (Lipinski definition) is 4. The van der Waals surface area contributed by atoms with Gasteiger partial charge in [0.05, 0.1) is 11.4 Å². The molecule has 0 atom stereocenters. The van der Waals surface area contributed by atoms with Crippen molar-refractivity contribution in [2.45, 2.75) is 52.0 Å². The lowest BCUT2D eigenvalue weighted by atomic mass is 9.98. The van der Waals surface area contributed by atoms with Crippen LogP contribution in [0.5, 0.6) is 0 Å². The number of nitrogens with zero attached hydrogens (tertiary/aromatic N) is 3. The summed E-state index contributed by atoms with van der Waals surface area (Å²) in [6.45, 7) is 8.68. The molecule has 104 valence electrons. The molecule has 0 aliphatic carbocycles. The maximum atomic E-state index is 4.88. The third-order valence-electron chi connectivity index (χ3n) is 4.14. The van der Waals surface area contributed by atoms with Gasteiger partial charge in [-0.1, -0.05) is 13.8 Å². The van der Waals surface area contributed by atoms with Gasteiger partial charge in [0.15, 0.2) is 0 Å². The molecule has 0 radical (unpaired) electrons. The van der Waals surface area contributed by atoms with E-state index in [1.165, 1.54) is 36.2 Å². The molecule has 2 aliphatic heterocycles. The van der Waals surface area contributed by atoms with Gasteiger partial charge in [-0.05, 0) is 25.2 Å². The van der Waals surface area contributed by atoms with Gasteiger partial charge in [0, 0.05) is 38.2 Å². The fourth-order valence-corrected chi connectivity index (χ4v) is 3.07. The highest BCUT2D eigenvalue weighted by molar-refractivity contribution is 5.39. The van der Waals surface area contributed by atoms with Crippen LogP contribution in [0.4, 0.5) is 5.95 Å². The average Bonchev–Trinajstić information content (AvgIpc) is 2.47. The van der Waals surface area contributed by atoms with Crippen LogP contribution in [0.15, 0.2) is 0 Å². The number of aromatic nitrogens is 2. The zero-order valence-electron chi connectivity index (χ0n) is 12.1. The molecular weight excluding hydrogens is 236 g/mol. The minimum atomic E-state index is 0.472. The van der Waals surface area contributed by atoms with Gasteiger partial charge in [-0.25, -0.2) is 9.97 Å². The molecule has 0 saturated carbocycles. The first-order valence-corrected chi connectivity index (χ1v) is 7.61. The molecule has 1 saturated heterocycles. The van der Waals surface area contributed by atoms with Gasteiger partial charge in [-0.15, -0.1) is 0 Å². The lowest BCUT2D eigenvalue weighted by Gasteiger charge is -2.29. The molecule has 1 N–H and O–H groups in total. The Kier molecular flexibility index (Phi) is 3.69. The molecule has 0 spiro atoms. The summed E-state index contributed by atoms with van der Waals surface area (Å²) >= 11 is 0. The van der Waals surface area contributed by atoms with Crippen LogP contribution in [0.1, 0.15) is 56.0 Å². The normalized spacial score (nSPS) is 19.6. The van der Waals surface area contributed by atoms with E-state index in [1.54, 1.807) is 0 Å². The van der Waals surface area contributed by atoms with E-state index < -0.39 is 0 Å². The Morgan fingerprint density at radius 1 is 1.11 bits per heavy atom. The van der Waals surface area contributed by atoms with Crippen LogP contribution in [0.25, 0.3) is 0 Å². The van der Waals surface area contributed by atoms with Crippen molar-refractivity contribution in [3.05, 3.63) is 17.0 Å². The topological polar surface area (TPSA) is 41.1 Å².